The normalized spacial score (nSPS) is 15.6. The molecule has 0 amide bonds. The quantitative estimate of drug-likeness (QED) is 0.645. The van der Waals surface area contributed by atoms with Crippen LogP contribution in [-0.2, 0) is 17.1 Å². The lowest BCUT2D eigenvalue weighted by Gasteiger charge is -2.34. The third-order valence-electron chi connectivity index (χ3n) is 5.05. The second-order valence-corrected chi connectivity index (χ2v) is 8.74. The van der Waals surface area contributed by atoms with Gasteiger partial charge in [-0.2, -0.15) is 4.31 Å². The first-order valence-corrected chi connectivity index (χ1v) is 10.6. The van der Waals surface area contributed by atoms with E-state index in [1.807, 2.05) is 18.2 Å². The van der Waals surface area contributed by atoms with Gasteiger partial charge in [0.05, 0.1) is 0 Å². The number of imidazole rings is 1. The molecule has 0 unspecified atom stereocenters. The van der Waals surface area contributed by atoms with Gasteiger partial charge in [0, 0.05) is 45.0 Å². The van der Waals surface area contributed by atoms with E-state index in [1.165, 1.54) is 16.8 Å². The van der Waals surface area contributed by atoms with Crippen molar-refractivity contribution in [3.05, 3.63) is 54.5 Å². The smallest absolute Gasteiger partial charge is 0.262 e. The molecule has 1 fully saturated rings. The number of sulfonamides is 1. The van der Waals surface area contributed by atoms with Gasteiger partial charge in [-0.25, -0.2) is 27.8 Å². The van der Waals surface area contributed by atoms with Gasteiger partial charge in [-0.15, -0.1) is 0 Å². The molecular formula is C19H21FN6O2S. The molecule has 0 aliphatic carbocycles. The van der Waals surface area contributed by atoms with Crippen molar-refractivity contribution in [2.75, 3.05) is 31.1 Å². The van der Waals surface area contributed by atoms with Crippen LogP contribution in [0.5, 0.6) is 0 Å². The molecule has 0 N–H and O–H groups in total. The van der Waals surface area contributed by atoms with E-state index in [0.29, 0.717) is 24.5 Å². The number of hydrogen-bond donors (Lipinski definition) is 0. The van der Waals surface area contributed by atoms with Gasteiger partial charge in [0.25, 0.3) is 10.0 Å². The molecular weight excluding hydrogens is 395 g/mol. The summed E-state index contributed by atoms with van der Waals surface area (Å²) in [7, 11) is -1.93. The Morgan fingerprint density at radius 3 is 2.34 bits per heavy atom. The van der Waals surface area contributed by atoms with Crippen molar-refractivity contribution >= 4 is 15.8 Å². The molecule has 29 heavy (non-hydrogen) atoms. The number of hydrogen-bond acceptors (Lipinski definition) is 6. The Labute approximate surface area is 168 Å². The average Bonchev–Trinajstić information content (AvgIpc) is 3.08. The van der Waals surface area contributed by atoms with Gasteiger partial charge in [0.15, 0.2) is 16.7 Å². The summed E-state index contributed by atoms with van der Waals surface area (Å²) in [5.41, 5.74) is 0.898. The van der Waals surface area contributed by atoms with Crippen molar-refractivity contribution in [2.24, 2.45) is 7.05 Å². The fourth-order valence-corrected chi connectivity index (χ4v) is 4.75. The third kappa shape index (κ3) is 3.60. The van der Waals surface area contributed by atoms with Crippen LogP contribution < -0.4 is 4.90 Å². The zero-order valence-electron chi connectivity index (χ0n) is 16.2. The number of nitrogens with zero attached hydrogens (tertiary/aromatic N) is 6. The predicted molar refractivity (Wildman–Crippen MR) is 106 cm³/mol. The van der Waals surface area contributed by atoms with Gasteiger partial charge < -0.3 is 9.47 Å². The van der Waals surface area contributed by atoms with E-state index < -0.39 is 15.8 Å². The highest BCUT2D eigenvalue weighted by Crippen LogP contribution is 2.27. The summed E-state index contributed by atoms with van der Waals surface area (Å²) < 4.78 is 43.8. The molecule has 0 bridgehead atoms. The van der Waals surface area contributed by atoms with E-state index in [2.05, 4.69) is 15.0 Å². The molecule has 0 spiro atoms. The van der Waals surface area contributed by atoms with E-state index in [-0.39, 0.29) is 29.6 Å². The van der Waals surface area contributed by atoms with E-state index >= 15 is 4.39 Å². The van der Waals surface area contributed by atoms with Crippen molar-refractivity contribution in [3.63, 3.8) is 0 Å². The van der Waals surface area contributed by atoms with Crippen molar-refractivity contribution in [1.82, 2.24) is 23.8 Å². The number of rotatable bonds is 4. The van der Waals surface area contributed by atoms with Gasteiger partial charge >= 0.3 is 0 Å². The summed E-state index contributed by atoms with van der Waals surface area (Å²) in [4.78, 5) is 14.1. The lowest BCUT2D eigenvalue weighted by molar-refractivity contribution is 0.380. The monoisotopic (exact) mass is 416 g/mol. The minimum Gasteiger partial charge on any atom is -0.351 e. The molecule has 10 heteroatoms. The lowest BCUT2D eigenvalue weighted by Crippen LogP contribution is -2.49. The standard InChI is InChI=1S/C19H21FN6O2S/c1-14-23-16(12-24(14)2)29(27,28)26-10-8-25(9-11-26)19-17(20)18(21-13-22-19)15-6-4-3-5-7-15/h3-7,12-13H,8-11H2,1-2H3. The van der Waals surface area contributed by atoms with Gasteiger partial charge in [-0.05, 0) is 6.92 Å². The SMILES string of the molecule is Cc1nc(S(=O)(=O)N2CCN(c3ncnc(-c4ccccc4)c3F)CC2)cn1C. The van der Waals surface area contributed by atoms with E-state index in [9.17, 15) is 8.42 Å². The summed E-state index contributed by atoms with van der Waals surface area (Å²) in [5, 5.41) is 0.0329. The first kappa shape index (κ1) is 19.5. The van der Waals surface area contributed by atoms with Crippen molar-refractivity contribution < 1.29 is 12.8 Å². The number of anilines is 1. The summed E-state index contributed by atoms with van der Waals surface area (Å²) >= 11 is 0. The predicted octanol–water partition coefficient (Wildman–Crippen LogP) is 1.84. The van der Waals surface area contributed by atoms with Gasteiger partial charge in [-0.1, -0.05) is 30.3 Å². The topological polar surface area (TPSA) is 84.2 Å². The largest absolute Gasteiger partial charge is 0.351 e. The molecule has 3 aromatic rings. The summed E-state index contributed by atoms with van der Waals surface area (Å²) in [6, 6.07) is 9.06. The zero-order chi connectivity index (χ0) is 20.6. The van der Waals surface area contributed by atoms with E-state index in [0.717, 1.165) is 0 Å². The lowest BCUT2D eigenvalue weighted by atomic mass is 10.1. The second kappa shape index (κ2) is 7.53. The van der Waals surface area contributed by atoms with Crippen LogP contribution >= 0.6 is 0 Å². The number of halogens is 1. The fraction of sp³-hybridized carbons (Fsp3) is 0.316. The Hall–Kier alpha value is -2.85. The Bertz CT molecular complexity index is 1110. The molecule has 0 atom stereocenters. The maximum absolute atomic E-state index is 15.1. The maximum Gasteiger partial charge on any atom is 0.262 e. The Kier molecular flexibility index (Phi) is 5.05. The molecule has 0 radical (unpaired) electrons. The van der Waals surface area contributed by atoms with Crippen molar-refractivity contribution in [3.8, 4) is 11.3 Å². The molecule has 4 rings (SSSR count). The number of aromatic nitrogens is 4. The molecule has 8 nitrogen and oxygen atoms in total. The molecule has 2 aromatic heterocycles. The fourth-order valence-electron chi connectivity index (χ4n) is 3.30. The minimum atomic E-state index is -3.68. The average molecular weight is 416 g/mol. The van der Waals surface area contributed by atoms with Crippen LogP contribution in [0.1, 0.15) is 5.82 Å². The van der Waals surface area contributed by atoms with Crippen LogP contribution in [0.3, 0.4) is 0 Å². The number of benzene rings is 1. The molecule has 152 valence electrons. The van der Waals surface area contributed by atoms with Crippen molar-refractivity contribution in [2.45, 2.75) is 11.9 Å². The molecule has 3 heterocycles. The highest BCUT2D eigenvalue weighted by atomic mass is 32.2. The van der Waals surface area contributed by atoms with Crippen LogP contribution in [0.4, 0.5) is 10.2 Å². The Morgan fingerprint density at radius 2 is 1.72 bits per heavy atom. The first-order chi connectivity index (χ1) is 13.9. The highest BCUT2D eigenvalue weighted by Gasteiger charge is 2.32. The molecule has 0 saturated carbocycles. The summed E-state index contributed by atoms with van der Waals surface area (Å²) in [5.74, 6) is 0.304. The van der Waals surface area contributed by atoms with E-state index in [4.69, 9.17) is 0 Å². The maximum atomic E-state index is 15.1. The Morgan fingerprint density at radius 1 is 1.03 bits per heavy atom. The third-order valence-corrected chi connectivity index (χ3v) is 6.82. The first-order valence-electron chi connectivity index (χ1n) is 9.19. The van der Waals surface area contributed by atoms with Crippen LogP contribution in [-0.4, -0.2) is 58.4 Å². The highest BCUT2D eigenvalue weighted by molar-refractivity contribution is 7.89. The Balaban J connectivity index is 1.53. The van der Waals surface area contributed by atoms with Gasteiger partial charge in [0.1, 0.15) is 17.8 Å². The summed E-state index contributed by atoms with van der Waals surface area (Å²) in [6.45, 7) is 2.85. The molecule has 1 aliphatic rings. The number of aryl methyl sites for hydroxylation is 2. The van der Waals surface area contributed by atoms with Crippen LogP contribution in [0, 0.1) is 12.7 Å². The number of piperazine rings is 1. The molecule has 1 aliphatic heterocycles. The van der Waals surface area contributed by atoms with E-state index in [1.54, 1.807) is 35.6 Å². The van der Waals surface area contributed by atoms with Crippen LogP contribution in [0.2, 0.25) is 0 Å². The van der Waals surface area contributed by atoms with Crippen molar-refractivity contribution in [1.29, 1.82) is 0 Å². The van der Waals surface area contributed by atoms with Crippen LogP contribution in [0.25, 0.3) is 11.3 Å². The van der Waals surface area contributed by atoms with Gasteiger partial charge in [-0.3, -0.25) is 0 Å². The second-order valence-electron chi connectivity index (χ2n) is 6.85. The van der Waals surface area contributed by atoms with Crippen LogP contribution in [0.15, 0.2) is 47.9 Å². The molecule has 1 saturated heterocycles. The minimum absolute atomic E-state index is 0.0329. The van der Waals surface area contributed by atoms with Gasteiger partial charge in [0.2, 0.25) is 0 Å². The zero-order valence-corrected chi connectivity index (χ0v) is 17.0. The summed E-state index contributed by atoms with van der Waals surface area (Å²) in [6.07, 6.45) is 2.84. The molecule has 1 aromatic carbocycles.